The molecule has 1 heterocycles. The van der Waals surface area contributed by atoms with Gasteiger partial charge in [-0.1, -0.05) is 26.8 Å². The van der Waals surface area contributed by atoms with Gasteiger partial charge in [-0.05, 0) is 37.4 Å². The van der Waals surface area contributed by atoms with Crippen molar-refractivity contribution in [3.8, 4) is 0 Å². The molecule has 0 saturated carbocycles. The minimum atomic E-state index is 0.477. The molecule has 1 rings (SSSR count). The number of aromatic nitrogens is 1. The Balaban J connectivity index is 2.55. The second-order valence-electron chi connectivity index (χ2n) is 4.96. The van der Waals surface area contributed by atoms with Gasteiger partial charge in [-0.3, -0.25) is 0 Å². The molecule has 0 radical (unpaired) electrons. The van der Waals surface area contributed by atoms with Crippen molar-refractivity contribution in [2.75, 3.05) is 18.0 Å². The Bertz CT molecular complexity index is 357. The molecule has 2 atom stereocenters. The van der Waals surface area contributed by atoms with Crippen LogP contribution in [0.25, 0.3) is 0 Å². The molecule has 19 heavy (non-hydrogen) atoms. The fourth-order valence-electron chi connectivity index (χ4n) is 1.83. The SMILES string of the molecule is CCCNC(CSC(C)CC)Cc1cccnc1N. The number of thioether (sulfide) groups is 1. The molecule has 4 heteroatoms. The van der Waals surface area contributed by atoms with Gasteiger partial charge in [0.05, 0.1) is 0 Å². The van der Waals surface area contributed by atoms with E-state index < -0.39 is 0 Å². The van der Waals surface area contributed by atoms with Gasteiger partial charge >= 0.3 is 0 Å². The number of nitrogens with two attached hydrogens (primary N) is 1. The van der Waals surface area contributed by atoms with Crippen molar-refractivity contribution in [3.05, 3.63) is 23.9 Å². The maximum Gasteiger partial charge on any atom is 0.126 e. The van der Waals surface area contributed by atoms with Crippen LogP contribution in [0.2, 0.25) is 0 Å². The van der Waals surface area contributed by atoms with E-state index in [1.807, 2.05) is 17.8 Å². The first kappa shape index (κ1) is 16.3. The predicted octanol–water partition coefficient (Wildman–Crippen LogP) is 3.11. The van der Waals surface area contributed by atoms with Crippen molar-refractivity contribution in [3.63, 3.8) is 0 Å². The van der Waals surface area contributed by atoms with Gasteiger partial charge in [0.2, 0.25) is 0 Å². The lowest BCUT2D eigenvalue weighted by Crippen LogP contribution is -2.34. The number of nitrogens with one attached hydrogen (secondary N) is 1. The first-order chi connectivity index (χ1) is 9.17. The lowest BCUT2D eigenvalue weighted by Gasteiger charge is -2.20. The van der Waals surface area contributed by atoms with Gasteiger partial charge in [-0.2, -0.15) is 11.8 Å². The van der Waals surface area contributed by atoms with Crippen LogP contribution in [-0.2, 0) is 6.42 Å². The molecule has 2 unspecified atom stereocenters. The van der Waals surface area contributed by atoms with Crippen molar-refractivity contribution in [1.82, 2.24) is 10.3 Å². The van der Waals surface area contributed by atoms with E-state index in [0.717, 1.165) is 36.0 Å². The molecule has 0 aromatic carbocycles. The molecule has 108 valence electrons. The molecule has 1 aromatic rings. The third-order valence-corrected chi connectivity index (χ3v) is 4.73. The highest BCUT2D eigenvalue weighted by atomic mass is 32.2. The summed E-state index contributed by atoms with van der Waals surface area (Å²) in [6.45, 7) is 7.79. The lowest BCUT2D eigenvalue weighted by atomic mass is 10.1. The minimum absolute atomic E-state index is 0.477. The van der Waals surface area contributed by atoms with Gasteiger partial charge in [0.1, 0.15) is 5.82 Å². The summed E-state index contributed by atoms with van der Waals surface area (Å²) >= 11 is 2.04. The maximum atomic E-state index is 5.93. The average Bonchev–Trinajstić information content (AvgIpc) is 2.43. The first-order valence-electron chi connectivity index (χ1n) is 7.21. The highest BCUT2D eigenvalue weighted by Crippen LogP contribution is 2.18. The molecule has 0 amide bonds. The van der Waals surface area contributed by atoms with Crippen molar-refractivity contribution >= 4 is 17.6 Å². The molecule has 0 aliphatic heterocycles. The summed E-state index contributed by atoms with van der Waals surface area (Å²) in [7, 11) is 0. The number of pyridine rings is 1. The van der Waals surface area contributed by atoms with Crippen LogP contribution >= 0.6 is 11.8 Å². The maximum absolute atomic E-state index is 5.93. The van der Waals surface area contributed by atoms with E-state index in [1.165, 1.54) is 6.42 Å². The Morgan fingerprint density at radius 3 is 2.84 bits per heavy atom. The number of nitrogens with zero attached hydrogens (tertiary/aromatic N) is 1. The van der Waals surface area contributed by atoms with E-state index in [2.05, 4.69) is 37.1 Å². The topological polar surface area (TPSA) is 50.9 Å². The van der Waals surface area contributed by atoms with Gasteiger partial charge in [-0.15, -0.1) is 0 Å². The highest BCUT2D eigenvalue weighted by molar-refractivity contribution is 7.99. The smallest absolute Gasteiger partial charge is 0.126 e. The zero-order valence-corrected chi connectivity index (χ0v) is 13.2. The molecule has 1 aromatic heterocycles. The molecule has 0 aliphatic rings. The predicted molar refractivity (Wildman–Crippen MR) is 86.6 cm³/mol. The van der Waals surface area contributed by atoms with Crippen LogP contribution in [0.5, 0.6) is 0 Å². The Morgan fingerprint density at radius 1 is 1.42 bits per heavy atom. The van der Waals surface area contributed by atoms with E-state index in [-0.39, 0.29) is 0 Å². The van der Waals surface area contributed by atoms with Crippen LogP contribution in [0, 0.1) is 0 Å². The van der Waals surface area contributed by atoms with Gasteiger partial charge in [0, 0.05) is 23.2 Å². The van der Waals surface area contributed by atoms with Crippen molar-refractivity contribution in [2.45, 2.75) is 51.3 Å². The van der Waals surface area contributed by atoms with E-state index in [9.17, 15) is 0 Å². The Morgan fingerprint density at radius 2 is 2.21 bits per heavy atom. The number of nitrogen functional groups attached to an aromatic ring is 1. The molecular weight excluding hydrogens is 254 g/mol. The van der Waals surface area contributed by atoms with E-state index in [1.54, 1.807) is 6.20 Å². The number of rotatable bonds is 9. The third kappa shape index (κ3) is 6.30. The quantitative estimate of drug-likeness (QED) is 0.730. The van der Waals surface area contributed by atoms with Gasteiger partial charge in [0.25, 0.3) is 0 Å². The Labute approximate surface area is 121 Å². The second kappa shape index (κ2) is 9.21. The fraction of sp³-hybridized carbons (Fsp3) is 0.667. The standard InChI is InChI=1S/C15H27N3S/c1-4-8-17-14(11-19-12(3)5-2)10-13-7-6-9-18-15(13)16/h6-7,9,12,14,17H,4-5,8,10-11H2,1-3H3,(H2,16,18). The molecule has 0 spiro atoms. The Kier molecular flexibility index (Phi) is 7.91. The number of hydrogen-bond acceptors (Lipinski definition) is 4. The number of hydrogen-bond donors (Lipinski definition) is 2. The van der Waals surface area contributed by atoms with Crippen LogP contribution in [-0.4, -0.2) is 28.6 Å². The molecular formula is C15H27N3S. The van der Waals surface area contributed by atoms with Crippen molar-refractivity contribution < 1.29 is 0 Å². The van der Waals surface area contributed by atoms with E-state index >= 15 is 0 Å². The summed E-state index contributed by atoms with van der Waals surface area (Å²) < 4.78 is 0. The molecule has 3 nitrogen and oxygen atoms in total. The van der Waals surface area contributed by atoms with Crippen LogP contribution in [0.1, 0.15) is 39.2 Å². The fourth-order valence-corrected chi connectivity index (χ4v) is 2.86. The van der Waals surface area contributed by atoms with Crippen LogP contribution < -0.4 is 11.1 Å². The molecule has 0 aliphatic carbocycles. The van der Waals surface area contributed by atoms with E-state index in [0.29, 0.717) is 11.9 Å². The summed E-state index contributed by atoms with van der Waals surface area (Å²) in [6, 6.07) is 4.52. The summed E-state index contributed by atoms with van der Waals surface area (Å²) in [6.07, 6.45) is 5.09. The molecule has 0 bridgehead atoms. The largest absolute Gasteiger partial charge is 0.383 e. The highest BCUT2D eigenvalue weighted by Gasteiger charge is 2.12. The zero-order valence-electron chi connectivity index (χ0n) is 12.4. The minimum Gasteiger partial charge on any atom is -0.383 e. The lowest BCUT2D eigenvalue weighted by molar-refractivity contribution is 0.549. The molecule has 3 N–H and O–H groups in total. The van der Waals surface area contributed by atoms with Crippen LogP contribution in [0.4, 0.5) is 5.82 Å². The molecule has 0 saturated heterocycles. The van der Waals surface area contributed by atoms with Crippen molar-refractivity contribution in [1.29, 1.82) is 0 Å². The third-order valence-electron chi connectivity index (χ3n) is 3.23. The Hall–Kier alpha value is -0.740. The average molecular weight is 281 g/mol. The molecule has 0 fully saturated rings. The van der Waals surface area contributed by atoms with Gasteiger partial charge < -0.3 is 11.1 Å². The van der Waals surface area contributed by atoms with Gasteiger partial charge in [-0.25, -0.2) is 4.98 Å². The van der Waals surface area contributed by atoms with Crippen molar-refractivity contribution in [2.24, 2.45) is 0 Å². The normalized spacial score (nSPS) is 14.3. The van der Waals surface area contributed by atoms with Crippen LogP contribution in [0.15, 0.2) is 18.3 Å². The van der Waals surface area contributed by atoms with Gasteiger partial charge in [0.15, 0.2) is 0 Å². The zero-order chi connectivity index (χ0) is 14.1. The second-order valence-corrected chi connectivity index (χ2v) is 6.43. The first-order valence-corrected chi connectivity index (χ1v) is 8.26. The summed E-state index contributed by atoms with van der Waals surface area (Å²) in [4.78, 5) is 4.17. The summed E-state index contributed by atoms with van der Waals surface area (Å²) in [5.74, 6) is 1.79. The van der Waals surface area contributed by atoms with E-state index in [4.69, 9.17) is 5.73 Å². The summed E-state index contributed by atoms with van der Waals surface area (Å²) in [5, 5.41) is 4.34. The number of anilines is 1. The van der Waals surface area contributed by atoms with Crippen LogP contribution in [0.3, 0.4) is 0 Å². The summed E-state index contributed by atoms with van der Waals surface area (Å²) in [5.41, 5.74) is 7.09. The monoisotopic (exact) mass is 281 g/mol.